The van der Waals surface area contributed by atoms with Crippen molar-refractivity contribution in [2.75, 3.05) is 29.6 Å². The van der Waals surface area contributed by atoms with Gasteiger partial charge >= 0.3 is 0 Å². The second-order valence-electron chi connectivity index (χ2n) is 7.01. The van der Waals surface area contributed by atoms with E-state index in [9.17, 15) is 9.59 Å². The number of rotatable bonds is 6. The van der Waals surface area contributed by atoms with Crippen LogP contribution in [0.15, 0.2) is 72.2 Å². The summed E-state index contributed by atoms with van der Waals surface area (Å²) in [7, 11) is 5.37. The molecular formula is C23H23ClN4O2. The zero-order chi connectivity index (χ0) is 21.8. The van der Waals surface area contributed by atoms with Crippen molar-refractivity contribution in [3.05, 3.63) is 82.8 Å². The summed E-state index contributed by atoms with van der Waals surface area (Å²) in [4.78, 5) is 26.0. The summed E-state index contributed by atoms with van der Waals surface area (Å²) >= 11 is 5.99. The second kappa shape index (κ2) is 8.88. The van der Waals surface area contributed by atoms with E-state index in [0.717, 1.165) is 22.5 Å². The van der Waals surface area contributed by atoms with Gasteiger partial charge in [0.1, 0.15) is 5.69 Å². The van der Waals surface area contributed by atoms with Gasteiger partial charge in [-0.15, -0.1) is 0 Å². The van der Waals surface area contributed by atoms with Gasteiger partial charge in [-0.05, 0) is 54.6 Å². The van der Waals surface area contributed by atoms with E-state index in [1.807, 2.05) is 44.4 Å². The summed E-state index contributed by atoms with van der Waals surface area (Å²) in [5.41, 5.74) is 4.42. The van der Waals surface area contributed by atoms with E-state index in [1.54, 1.807) is 40.9 Å². The van der Waals surface area contributed by atoms with Crippen molar-refractivity contribution in [1.29, 1.82) is 0 Å². The van der Waals surface area contributed by atoms with Crippen LogP contribution in [0.5, 0.6) is 0 Å². The standard InChI is InChI=1S/C23H23ClN4O2/c1-5-22(29)26-18-10-11-20(25-17-8-6-16(24)7-9-17)19(13-18)15-12-21(27(2)3)23(30)28(4)14-15/h5-14,25H,1H2,2-4H3,(H,26,29). The normalized spacial score (nSPS) is 10.4. The van der Waals surface area contributed by atoms with Gasteiger partial charge in [-0.3, -0.25) is 9.59 Å². The topological polar surface area (TPSA) is 66.4 Å². The Bertz CT molecular complexity index is 1150. The van der Waals surface area contributed by atoms with Crippen LogP contribution in [-0.4, -0.2) is 24.6 Å². The largest absolute Gasteiger partial charge is 0.373 e. The summed E-state index contributed by atoms with van der Waals surface area (Å²) in [5, 5.41) is 6.82. The minimum atomic E-state index is -0.297. The highest BCUT2D eigenvalue weighted by Crippen LogP contribution is 2.34. The first-order valence-electron chi connectivity index (χ1n) is 9.27. The van der Waals surface area contributed by atoms with Crippen LogP contribution in [0, 0.1) is 0 Å². The number of halogens is 1. The van der Waals surface area contributed by atoms with E-state index in [-0.39, 0.29) is 11.5 Å². The molecule has 0 fully saturated rings. The lowest BCUT2D eigenvalue weighted by molar-refractivity contribution is -0.111. The third kappa shape index (κ3) is 4.72. The van der Waals surface area contributed by atoms with Crippen LogP contribution < -0.4 is 21.1 Å². The number of benzene rings is 2. The molecule has 0 spiro atoms. The van der Waals surface area contributed by atoms with Gasteiger partial charge in [0.25, 0.3) is 5.56 Å². The molecule has 30 heavy (non-hydrogen) atoms. The van der Waals surface area contributed by atoms with Crippen molar-refractivity contribution in [2.24, 2.45) is 7.05 Å². The molecule has 0 bridgehead atoms. The van der Waals surface area contributed by atoms with Crippen molar-refractivity contribution in [3.63, 3.8) is 0 Å². The molecule has 3 rings (SSSR count). The number of anilines is 4. The Morgan fingerprint density at radius 3 is 2.40 bits per heavy atom. The molecule has 7 heteroatoms. The Kier molecular flexibility index (Phi) is 6.28. The van der Waals surface area contributed by atoms with Gasteiger partial charge in [-0.1, -0.05) is 18.2 Å². The number of nitrogens with one attached hydrogen (secondary N) is 2. The molecule has 0 radical (unpaired) electrons. The maximum atomic E-state index is 12.5. The summed E-state index contributed by atoms with van der Waals surface area (Å²) in [6, 6.07) is 14.7. The highest BCUT2D eigenvalue weighted by Gasteiger charge is 2.13. The Hall–Kier alpha value is -3.51. The van der Waals surface area contributed by atoms with Crippen LogP contribution in [0.25, 0.3) is 11.1 Å². The van der Waals surface area contributed by atoms with Crippen LogP contribution in [0.2, 0.25) is 5.02 Å². The quantitative estimate of drug-likeness (QED) is 0.568. The number of pyridine rings is 1. The average molecular weight is 423 g/mol. The molecule has 1 aromatic heterocycles. The van der Waals surface area contributed by atoms with E-state index in [1.165, 1.54) is 6.08 Å². The molecule has 1 heterocycles. The van der Waals surface area contributed by atoms with Crippen LogP contribution in [0.4, 0.5) is 22.7 Å². The Morgan fingerprint density at radius 2 is 1.77 bits per heavy atom. The molecule has 1 amide bonds. The molecule has 0 saturated carbocycles. The molecule has 0 atom stereocenters. The summed E-state index contributed by atoms with van der Waals surface area (Å²) in [5.74, 6) is -0.297. The lowest BCUT2D eigenvalue weighted by Gasteiger charge is -2.18. The van der Waals surface area contributed by atoms with Gasteiger partial charge < -0.3 is 20.1 Å². The van der Waals surface area contributed by atoms with E-state index < -0.39 is 0 Å². The third-order valence-electron chi connectivity index (χ3n) is 4.55. The minimum absolute atomic E-state index is 0.0907. The van der Waals surface area contributed by atoms with Crippen molar-refractivity contribution >= 4 is 40.3 Å². The van der Waals surface area contributed by atoms with Gasteiger partial charge in [0.05, 0.1) is 0 Å². The van der Waals surface area contributed by atoms with Crippen molar-refractivity contribution in [3.8, 4) is 11.1 Å². The molecule has 0 saturated heterocycles. The Morgan fingerprint density at radius 1 is 1.10 bits per heavy atom. The molecule has 2 N–H and O–H groups in total. The van der Waals surface area contributed by atoms with Gasteiger partial charge in [0.15, 0.2) is 0 Å². The molecule has 3 aromatic rings. The van der Waals surface area contributed by atoms with Crippen LogP contribution in [0.3, 0.4) is 0 Å². The van der Waals surface area contributed by atoms with Gasteiger partial charge in [0.2, 0.25) is 5.91 Å². The van der Waals surface area contributed by atoms with Crippen LogP contribution >= 0.6 is 11.6 Å². The van der Waals surface area contributed by atoms with Crippen LogP contribution in [0.1, 0.15) is 0 Å². The number of aryl methyl sites for hydroxylation is 1. The lowest BCUT2D eigenvalue weighted by atomic mass is 10.0. The zero-order valence-electron chi connectivity index (χ0n) is 17.1. The fraction of sp³-hybridized carbons (Fsp3) is 0.130. The van der Waals surface area contributed by atoms with E-state index in [2.05, 4.69) is 17.2 Å². The van der Waals surface area contributed by atoms with E-state index in [0.29, 0.717) is 16.4 Å². The Labute approximate surface area is 180 Å². The monoisotopic (exact) mass is 422 g/mol. The predicted octanol–water partition coefficient (Wildman–Crippen LogP) is 4.64. The first-order chi connectivity index (χ1) is 14.3. The van der Waals surface area contributed by atoms with Gasteiger partial charge in [-0.2, -0.15) is 0 Å². The SMILES string of the molecule is C=CC(=O)Nc1ccc(Nc2ccc(Cl)cc2)c(-c2cc(N(C)C)c(=O)n(C)c2)c1. The summed E-state index contributed by atoms with van der Waals surface area (Å²) in [6.45, 7) is 3.49. The Balaban J connectivity index is 2.14. The molecule has 6 nitrogen and oxygen atoms in total. The maximum Gasteiger partial charge on any atom is 0.273 e. The number of nitrogens with zero attached hydrogens (tertiary/aromatic N) is 2. The molecule has 2 aromatic carbocycles. The summed E-state index contributed by atoms with van der Waals surface area (Å²) < 4.78 is 1.55. The average Bonchev–Trinajstić information content (AvgIpc) is 2.72. The second-order valence-corrected chi connectivity index (χ2v) is 7.45. The smallest absolute Gasteiger partial charge is 0.273 e. The molecule has 0 aliphatic rings. The first-order valence-corrected chi connectivity index (χ1v) is 9.64. The van der Waals surface area contributed by atoms with Crippen LogP contribution in [-0.2, 0) is 11.8 Å². The predicted molar refractivity (Wildman–Crippen MR) is 125 cm³/mol. The number of carbonyl (C=O) groups is 1. The molecule has 0 aliphatic heterocycles. The van der Waals surface area contributed by atoms with Gasteiger partial charge in [-0.25, -0.2) is 0 Å². The van der Waals surface area contributed by atoms with Gasteiger partial charge in [0, 0.05) is 60.6 Å². The van der Waals surface area contributed by atoms with E-state index >= 15 is 0 Å². The highest BCUT2D eigenvalue weighted by molar-refractivity contribution is 6.30. The van der Waals surface area contributed by atoms with Crippen molar-refractivity contribution < 1.29 is 4.79 Å². The molecule has 0 aliphatic carbocycles. The first kappa shape index (κ1) is 21.2. The number of aromatic nitrogens is 1. The lowest BCUT2D eigenvalue weighted by Crippen LogP contribution is -2.25. The van der Waals surface area contributed by atoms with Crippen molar-refractivity contribution in [1.82, 2.24) is 4.57 Å². The van der Waals surface area contributed by atoms with Crippen molar-refractivity contribution in [2.45, 2.75) is 0 Å². The molecule has 0 unspecified atom stereocenters. The number of hydrogen-bond acceptors (Lipinski definition) is 4. The summed E-state index contributed by atoms with van der Waals surface area (Å²) in [6.07, 6.45) is 2.99. The maximum absolute atomic E-state index is 12.5. The fourth-order valence-electron chi connectivity index (χ4n) is 3.01. The molecule has 154 valence electrons. The minimum Gasteiger partial charge on any atom is -0.373 e. The number of hydrogen-bond donors (Lipinski definition) is 2. The highest BCUT2D eigenvalue weighted by atomic mass is 35.5. The number of amides is 1. The zero-order valence-corrected chi connectivity index (χ0v) is 17.8. The third-order valence-corrected chi connectivity index (χ3v) is 4.80. The fourth-order valence-corrected chi connectivity index (χ4v) is 3.14. The number of carbonyl (C=O) groups excluding carboxylic acids is 1. The van der Waals surface area contributed by atoms with E-state index in [4.69, 9.17) is 11.6 Å². The molecular weight excluding hydrogens is 400 g/mol.